The highest BCUT2D eigenvalue weighted by molar-refractivity contribution is 5.35. The van der Waals surface area contributed by atoms with Gasteiger partial charge in [-0.2, -0.15) is 0 Å². The smallest absolute Gasteiger partial charge is 0.0661 e. The summed E-state index contributed by atoms with van der Waals surface area (Å²) in [6, 6.07) is 7.35. The maximum atomic E-state index is 5.72. The molecule has 0 fully saturated rings. The second-order valence-corrected chi connectivity index (χ2v) is 5.11. The van der Waals surface area contributed by atoms with Gasteiger partial charge in [-0.25, -0.2) is 0 Å². The molecule has 1 unspecified atom stereocenters. The van der Waals surface area contributed by atoms with Crippen LogP contribution < -0.4 is 5.32 Å². The van der Waals surface area contributed by atoms with E-state index in [-0.39, 0.29) is 0 Å². The van der Waals surface area contributed by atoms with Gasteiger partial charge in [-0.15, -0.1) is 0 Å². The van der Waals surface area contributed by atoms with Gasteiger partial charge in [0.25, 0.3) is 0 Å². The van der Waals surface area contributed by atoms with Crippen molar-refractivity contribution in [3.63, 3.8) is 0 Å². The van der Waals surface area contributed by atoms with Gasteiger partial charge in [0.05, 0.1) is 19.3 Å². The summed E-state index contributed by atoms with van der Waals surface area (Å²) in [5.41, 5.74) is 4.38. The molecule has 2 rings (SSSR count). The van der Waals surface area contributed by atoms with Crippen molar-refractivity contribution in [2.45, 2.75) is 45.6 Å². The van der Waals surface area contributed by atoms with E-state index in [0.717, 1.165) is 26.2 Å². The fourth-order valence-corrected chi connectivity index (χ4v) is 2.60. The maximum absolute atomic E-state index is 5.72. The van der Waals surface area contributed by atoms with Gasteiger partial charge >= 0.3 is 0 Å². The molecule has 18 heavy (non-hydrogen) atoms. The topological polar surface area (TPSA) is 21.3 Å². The minimum absolute atomic E-state index is 0.374. The third-order valence-corrected chi connectivity index (χ3v) is 3.57. The van der Waals surface area contributed by atoms with Crippen LogP contribution >= 0.6 is 0 Å². The zero-order valence-corrected chi connectivity index (χ0v) is 11.7. The van der Waals surface area contributed by atoms with Crippen molar-refractivity contribution in [1.29, 1.82) is 0 Å². The molecule has 0 bridgehead atoms. The molecule has 0 saturated carbocycles. The van der Waals surface area contributed by atoms with Crippen LogP contribution in [0.2, 0.25) is 0 Å². The van der Waals surface area contributed by atoms with Crippen LogP contribution in [0.5, 0.6) is 0 Å². The van der Waals surface area contributed by atoms with E-state index in [1.807, 2.05) is 0 Å². The normalized spacial score (nSPS) is 19.3. The van der Waals surface area contributed by atoms with Gasteiger partial charge in [-0.3, -0.25) is 0 Å². The van der Waals surface area contributed by atoms with Crippen molar-refractivity contribution >= 4 is 0 Å². The Kier molecular flexibility index (Phi) is 5.21. The van der Waals surface area contributed by atoms with Crippen LogP contribution in [-0.4, -0.2) is 19.8 Å². The molecule has 1 aliphatic heterocycles. The van der Waals surface area contributed by atoms with Crippen LogP contribution in [0.4, 0.5) is 0 Å². The summed E-state index contributed by atoms with van der Waals surface area (Å²) in [5, 5.41) is 3.61. The molecular weight excluding hydrogens is 222 g/mol. The number of hydrogen-bond acceptors (Lipinski definition) is 2. The number of aryl methyl sites for hydroxylation is 1. The van der Waals surface area contributed by atoms with Crippen LogP contribution in [-0.2, 0) is 17.6 Å². The summed E-state index contributed by atoms with van der Waals surface area (Å²) in [7, 11) is 0. The first kappa shape index (κ1) is 13.6. The highest BCUT2D eigenvalue weighted by Crippen LogP contribution is 2.24. The first-order valence-corrected chi connectivity index (χ1v) is 7.28. The van der Waals surface area contributed by atoms with E-state index in [9.17, 15) is 0 Å². The maximum Gasteiger partial charge on any atom is 0.0661 e. The number of ether oxygens (including phenoxy) is 1. The first-order valence-electron chi connectivity index (χ1n) is 7.28. The van der Waals surface area contributed by atoms with Crippen molar-refractivity contribution in [1.82, 2.24) is 5.32 Å². The Morgan fingerprint density at radius 2 is 2.17 bits per heavy atom. The molecule has 1 N–H and O–H groups in total. The highest BCUT2D eigenvalue weighted by Gasteiger charge is 2.18. The summed E-state index contributed by atoms with van der Waals surface area (Å²) in [5.74, 6) is 0. The Hall–Kier alpha value is -0.860. The van der Waals surface area contributed by atoms with Crippen LogP contribution in [0, 0.1) is 0 Å². The van der Waals surface area contributed by atoms with Gasteiger partial charge in [0, 0.05) is 0 Å². The summed E-state index contributed by atoms with van der Waals surface area (Å²) in [6.45, 7) is 7.17. The molecule has 1 atom stereocenters. The Morgan fingerprint density at radius 3 is 2.94 bits per heavy atom. The lowest BCUT2D eigenvalue weighted by atomic mass is 9.95. The number of fused-ring (bicyclic) bond motifs is 1. The van der Waals surface area contributed by atoms with Gasteiger partial charge in [0.15, 0.2) is 0 Å². The molecule has 0 spiro atoms. The molecule has 0 amide bonds. The van der Waals surface area contributed by atoms with Crippen LogP contribution in [0.15, 0.2) is 18.2 Å². The number of benzene rings is 1. The fraction of sp³-hybridized carbons (Fsp3) is 0.625. The van der Waals surface area contributed by atoms with Gasteiger partial charge < -0.3 is 10.1 Å². The lowest BCUT2D eigenvalue weighted by molar-refractivity contribution is 0.121. The van der Waals surface area contributed by atoms with Crippen LogP contribution in [0.3, 0.4) is 0 Å². The summed E-state index contributed by atoms with van der Waals surface area (Å²) in [6.07, 6.45) is 4.60. The van der Waals surface area contributed by atoms with Crippen LogP contribution in [0.1, 0.15) is 49.4 Å². The quantitative estimate of drug-likeness (QED) is 0.862. The van der Waals surface area contributed by atoms with E-state index in [4.69, 9.17) is 4.74 Å². The second kappa shape index (κ2) is 6.91. The third-order valence-electron chi connectivity index (χ3n) is 3.57. The molecule has 1 aromatic rings. The van der Waals surface area contributed by atoms with Gasteiger partial charge in [0.1, 0.15) is 0 Å². The monoisotopic (exact) mass is 247 g/mol. The number of nitrogens with one attached hydrogen (secondary N) is 1. The third kappa shape index (κ3) is 3.33. The summed E-state index contributed by atoms with van der Waals surface area (Å²) in [4.78, 5) is 0. The molecule has 0 radical (unpaired) electrons. The summed E-state index contributed by atoms with van der Waals surface area (Å²) >= 11 is 0. The number of hydrogen-bond donors (Lipinski definition) is 1. The van der Waals surface area contributed by atoms with E-state index in [1.165, 1.54) is 36.0 Å². The van der Waals surface area contributed by atoms with Gasteiger partial charge in [0.2, 0.25) is 0 Å². The Bertz CT molecular complexity index is 375. The van der Waals surface area contributed by atoms with Crippen molar-refractivity contribution in [2.75, 3.05) is 19.8 Å². The summed E-state index contributed by atoms with van der Waals surface area (Å²) < 4.78 is 5.72. The number of rotatable bonds is 5. The van der Waals surface area contributed by atoms with Crippen LogP contribution in [0.25, 0.3) is 0 Å². The molecule has 1 aromatic carbocycles. The molecular formula is C16H25NO. The van der Waals surface area contributed by atoms with E-state index >= 15 is 0 Å². The van der Waals surface area contributed by atoms with E-state index in [0.29, 0.717) is 6.04 Å². The van der Waals surface area contributed by atoms with E-state index < -0.39 is 0 Å². The Balaban J connectivity index is 2.22. The van der Waals surface area contributed by atoms with Gasteiger partial charge in [-0.05, 0) is 42.5 Å². The molecule has 100 valence electrons. The lowest BCUT2D eigenvalue weighted by Gasteiger charge is -2.19. The zero-order valence-electron chi connectivity index (χ0n) is 11.7. The lowest BCUT2D eigenvalue weighted by Crippen LogP contribution is -2.26. The highest BCUT2D eigenvalue weighted by atomic mass is 16.5. The first-order chi connectivity index (χ1) is 8.85. The molecule has 1 aliphatic rings. The predicted molar refractivity (Wildman–Crippen MR) is 76.0 cm³/mol. The van der Waals surface area contributed by atoms with E-state index in [2.05, 4.69) is 37.4 Å². The van der Waals surface area contributed by atoms with Crippen molar-refractivity contribution in [3.05, 3.63) is 34.9 Å². The molecule has 0 saturated heterocycles. The SMILES string of the molecule is CCCNC1COCCc2ccc(CCC)cc21. The molecule has 1 heterocycles. The van der Waals surface area contributed by atoms with E-state index in [1.54, 1.807) is 0 Å². The van der Waals surface area contributed by atoms with Crippen molar-refractivity contribution in [2.24, 2.45) is 0 Å². The second-order valence-electron chi connectivity index (χ2n) is 5.11. The standard InChI is InChI=1S/C16H25NO/c1-3-5-13-6-7-14-8-10-18-12-16(15(14)11-13)17-9-4-2/h6-7,11,16-17H,3-5,8-10,12H2,1-2H3. The average Bonchev–Trinajstić information content (AvgIpc) is 2.59. The Labute approximate surface area is 111 Å². The Morgan fingerprint density at radius 1 is 1.28 bits per heavy atom. The fourth-order valence-electron chi connectivity index (χ4n) is 2.60. The van der Waals surface area contributed by atoms with Crippen molar-refractivity contribution < 1.29 is 4.74 Å². The minimum Gasteiger partial charge on any atom is -0.379 e. The molecule has 0 aliphatic carbocycles. The molecule has 0 aromatic heterocycles. The minimum atomic E-state index is 0.374. The largest absolute Gasteiger partial charge is 0.379 e. The van der Waals surface area contributed by atoms with Crippen molar-refractivity contribution in [3.8, 4) is 0 Å². The molecule has 2 heteroatoms. The average molecular weight is 247 g/mol. The van der Waals surface area contributed by atoms with Gasteiger partial charge in [-0.1, -0.05) is 38.5 Å². The predicted octanol–water partition coefficient (Wildman–Crippen LogP) is 3.25. The zero-order chi connectivity index (χ0) is 12.8. The molecule has 2 nitrogen and oxygen atoms in total.